The molecule has 3 aromatic heterocycles. The summed E-state index contributed by atoms with van der Waals surface area (Å²) in [6.45, 7) is 4.70. The van der Waals surface area contributed by atoms with E-state index in [2.05, 4.69) is 22.1 Å². The number of nitrogens with zero attached hydrogens (tertiary/aromatic N) is 4. The summed E-state index contributed by atoms with van der Waals surface area (Å²) in [5, 5.41) is 4.50. The molecule has 5 rings (SSSR count). The number of aromatic nitrogens is 3. The molecule has 7 nitrogen and oxygen atoms in total. The van der Waals surface area contributed by atoms with Gasteiger partial charge < -0.3 is 15.0 Å². The molecule has 0 aliphatic carbocycles. The molecular weight excluding hydrogens is 494 g/mol. The number of nitrogens with one attached hydrogen (secondary N) is 1. The molecule has 184 valence electrons. The Hall–Kier alpha value is -3.20. The molecule has 36 heavy (non-hydrogen) atoms. The van der Waals surface area contributed by atoms with E-state index >= 15 is 0 Å². The fourth-order valence-corrected chi connectivity index (χ4v) is 5.00. The Bertz CT molecular complexity index is 1420. The third kappa shape index (κ3) is 5.46. The number of carbonyl (C=O) groups is 1. The number of morpholine rings is 1. The van der Waals surface area contributed by atoms with E-state index in [-0.39, 0.29) is 12.0 Å². The second kappa shape index (κ2) is 10.8. The quantitative estimate of drug-likeness (QED) is 0.350. The highest BCUT2D eigenvalue weighted by Gasteiger charge is 2.18. The maximum absolute atomic E-state index is 12.7. The lowest BCUT2D eigenvalue weighted by Gasteiger charge is -2.32. The third-order valence-electron chi connectivity index (χ3n) is 6.04. The SMILES string of the molecule is CSc1cc(C(=O)NCc2cc3nc(-c4cccc(N5CCOC(C)C5)n4)ccc3cn2)ccc1Cl. The van der Waals surface area contributed by atoms with Crippen LogP contribution in [-0.4, -0.2) is 52.9 Å². The number of ether oxygens (including phenoxy) is 1. The van der Waals surface area contributed by atoms with Crippen LogP contribution in [0.4, 0.5) is 5.82 Å². The molecule has 1 saturated heterocycles. The molecular formula is C27H26ClN5O2S. The first-order valence-corrected chi connectivity index (χ1v) is 13.3. The van der Waals surface area contributed by atoms with E-state index in [0.717, 1.165) is 51.8 Å². The average molecular weight is 520 g/mol. The van der Waals surface area contributed by atoms with Gasteiger partial charge in [-0.2, -0.15) is 0 Å². The number of fused-ring (bicyclic) bond motifs is 1. The van der Waals surface area contributed by atoms with Crippen LogP contribution in [0.5, 0.6) is 0 Å². The van der Waals surface area contributed by atoms with Crippen molar-refractivity contribution in [2.45, 2.75) is 24.5 Å². The third-order valence-corrected chi connectivity index (χ3v) is 7.25. The van der Waals surface area contributed by atoms with Gasteiger partial charge in [0, 0.05) is 35.1 Å². The average Bonchev–Trinajstić information content (AvgIpc) is 2.91. The Morgan fingerprint density at radius 3 is 2.86 bits per heavy atom. The zero-order valence-electron chi connectivity index (χ0n) is 20.1. The number of amides is 1. The number of carbonyl (C=O) groups excluding carboxylic acids is 1. The Morgan fingerprint density at radius 1 is 1.17 bits per heavy atom. The van der Waals surface area contributed by atoms with Crippen molar-refractivity contribution in [3.8, 4) is 11.4 Å². The normalized spacial score (nSPS) is 15.8. The Kier molecular flexibility index (Phi) is 7.36. The van der Waals surface area contributed by atoms with Crippen molar-refractivity contribution in [2.24, 2.45) is 0 Å². The minimum Gasteiger partial charge on any atom is -0.375 e. The first kappa shape index (κ1) is 24.5. The summed E-state index contributed by atoms with van der Waals surface area (Å²) >= 11 is 7.66. The number of pyridine rings is 3. The van der Waals surface area contributed by atoms with Gasteiger partial charge in [-0.25, -0.2) is 9.97 Å². The van der Waals surface area contributed by atoms with Gasteiger partial charge in [0.1, 0.15) is 5.82 Å². The van der Waals surface area contributed by atoms with Crippen molar-refractivity contribution < 1.29 is 9.53 Å². The summed E-state index contributed by atoms with van der Waals surface area (Å²) in [4.78, 5) is 30.0. The van der Waals surface area contributed by atoms with Crippen LogP contribution < -0.4 is 10.2 Å². The minimum atomic E-state index is -0.177. The van der Waals surface area contributed by atoms with Crippen LogP contribution >= 0.6 is 23.4 Å². The second-order valence-electron chi connectivity index (χ2n) is 8.61. The highest BCUT2D eigenvalue weighted by molar-refractivity contribution is 7.98. The van der Waals surface area contributed by atoms with Gasteiger partial charge in [0.15, 0.2) is 0 Å². The second-order valence-corrected chi connectivity index (χ2v) is 9.86. The molecule has 1 aromatic carbocycles. The van der Waals surface area contributed by atoms with Gasteiger partial charge in [-0.05, 0) is 61.7 Å². The van der Waals surface area contributed by atoms with E-state index < -0.39 is 0 Å². The van der Waals surface area contributed by atoms with Crippen LogP contribution in [0, 0.1) is 0 Å². The number of hydrogen-bond donors (Lipinski definition) is 1. The summed E-state index contributed by atoms with van der Waals surface area (Å²) in [5.41, 5.74) is 3.69. The topological polar surface area (TPSA) is 80.2 Å². The molecule has 4 aromatic rings. The monoisotopic (exact) mass is 519 g/mol. The predicted molar refractivity (Wildman–Crippen MR) is 145 cm³/mol. The maximum Gasteiger partial charge on any atom is 0.251 e. The minimum absolute atomic E-state index is 0.177. The summed E-state index contributed by atoms with van der Waals surface area (Å²) in [5.74, 6) is 0.749. The van der Waals surface area contributed by atoms with Crippen molar-refractivity contribution in [1.29, 1.82) is 0 Å². The highest BCUT2D eigenvalue weighted by atomic mass is 35.5. The van der Waals surface area contributed by atoms with E-state index in [4.69, 9.17) is 26.3 Å². The van der Waals surface area contributed by atoms with Crippen molar-refractivity contribution in [1.82, 2.24) is 20.3 Å². The largest absolute Gasteiger partial charge is 0.375 e. The molecule has 0 bridgehead atoms. The molecule has 1 N–H and O–H groups in total. The van der Waals surface area contributed by atoms with Crippen molar-refractivity contribution in [2.75, 3.05) is 30.9 Å². The van der Waals surface area contributed by atoms with Crippen LogP contribution in [0.25, 0.3) is 22.3 Å². The van der Waals surface area contributed by atoms with Crippen LogP contribution in [-0.2, 0) is 11.3 Å². The molecule has 1 unspecified atom stereocenters. The van der Waals surface area contributed by atoms with E-state index in [0.29, 0.717) is 23.7 Å². The molecule has 0 saturated carbocycles. The van der Waals surface area contributed by atoms with E-state index in [1.807, 2.05) is 42.7 Å². The standard InChI is InChI=1S/C27H26ClN5O2S/c1-17-16-33(10-11-35-17)26-5-3-4-22(32-26)23-9-7-19-14-29-20(13-24(19)31-23)15-30-27(34)18-6-8-21(28)25(12-18)36-2/h3-9,12-14,17H,10-11,15-16H2,1-2H3,(H,30,34). The molecule has 4 heterocycles. The zero-order valence-corrected chi connectivity index (χ0v) is 21.6. The lowest BCUT2D eigenvalue weighted by molar-refractivity contribution is 0.0529. The Labute approximate surface area is 219 Å². The van der Waals surface area contributed by atoms with Gasteiger partial charge in [0.2, 0.25) is 0 Å². The fraction of sp³-hybridized carbons (Fsp3) is 0.259. The van der Waals surface area contributed by atoms with Crippen molar-refractivity contribution in [3.63, 3.8) is 0 Å². The zero-order chi connectivity index (χ0) is 25.1. The molecule has 0 radical (unpaired) electrons. The highest BCUT2D eigenvalue weighted by Crippen LogP contribution is 2.26. The summed E-state index contributed by atoms with van der Waals surface area (Å²) in [6, 6.07) is 17.1. The smallest absolute Gasteiger partial charge is 0.251 e. The molecule has 1 aliphatic rings. The summed E-state index contributed by atoms with van der Waals surface area (Å²) in [6.07, 6.45) is 3.89. The number of benzene rings is 1. The van der Waals surface area contributed by atoms with Crippen molar-refractivity contribution >= 4 is 46.0 Å². The molecule has 1 aliphatic heterocycles. The Balaban J connectivity index is 1.33. The van der Waals surface area contributed by atoms with Crippen LogP contribution in [0.3, 0.4) is 0 Å². The van der Waals surface area contributed by atoms with Gasteiger partial charge >= 0.3 is 0 Å². The van der Waals surface area contributed by atoms with Gasteiger partial charge in [-0.3, -0.25) is 9.78 Å². The molecule has 1 amide bonds. The van der Waals surface area contributed by atoms with Gasteiger partial charge in [-0.1, -0.05) is 17.7 Å². The maximum atomic E-state index is 12.7. The van der Waals surface area contributed by atoms with E-state index in [1.165, 1.54) is 11.8 Å². The Morgan fingerprint density at radius 2 is 2.03 bits per heavy atom. The lowest BCUT2D eigenvalue weighted by atomic mass is 10.1. The van der Waals surface area contributed by atoms with Gasteiger partial charge in [0.25, 0.3) is 5.91 Å². The molecule has 9 heteroatoms. The number of thioether (sulfide) groups is 1. The number of rotatable bonds is 6. The first-order chi connectivity index (χ1) is 17.5. The number of halogens is 1. The van der Waals surface area contributed by atoms with Crippen LogP contribution in [0.15, 0.2) is 65.7 Å². The fourth-order valence-electron chi connectivity index (χ4n) is 4.14. The predicted octanol–water partition coefficient (Wildman–Crippen LogP) is 5.22. The van der Waals surface area contributed by atoms with Crippen LogP contribution in [0.2, 0.25) is 5.02 Å². The van der Waals surface area contributed by atoms with E-state index in [1.54, 1.807) is 24.4 Å². The summed E-state index contributed by atoms with van der Waals surface area (Å²) < 4.78 is 5.66. The summed E-state index contributed by atoms with van der Waals surface area (Å²) in [7, 11) is 0. The lowest BCUT2D eigenvalue weighted by Crippen LogP contribution is -2.41. The van der Waals surface area contributed by atoms with Gasteiger partial charge in [-0.15, -0.1) is 11.8 Å². The van der Waals surface area contributed by atoms with Gasteiger partial charge in [0.05, 0.1) is 46.9 Å². The first-order valence-electron chi connectivity index (χ1n) is 11.7. The van der Waals surface area contributed by atoms with E-state index in [9.17, 15) is 4.79 Å². The molecule has 1 atom stereocenters. The van der Waals surface area contributed by atoms with Crippen molar-refractivity contribution in [3.05, 3.63) is 77.1 Å². The molecule has 0 spiro atoms. The van der Waals surface area contributed by atoms with Crippen LogP contribution in [0.1, 0.15) is 23.0 Å². The number of hydrogen-bond acceptors (Lipinski definition) is 7. The number of anilines is 1. The molecule has 1 fully saturated rings.